The van der Waals surface area contributed by atoms with Crippen LogP contribution < -0.4 is 5.32 Å². The third kappa shape index (κ3) is 2.68. The maximum atomic E-state index is 12.1. The molecule has 1 aliphatic heterocycles. The van der Waals surface area contributed by atoms with Crippen LogP contribution >= 0.6 is 0 Å². The first-order valence-electron chi connectivity index (χ1n) is 6.82. The molecule has 2 rings (SSSR count). The van der Waals surface area contributed by atoms with Crippen molar-refractivity contribution in [3.63, 3.8) is 0 Å². The van der Waals surface area contributed by atoms with Crippen molar-refractivity contribution >= 4 is 12.0 Å². The van der Waals surface area contributed by atoms with E-state index in [4.69, 9.17) is 4.74 Å². The average molecular weight is 270 g/mol. The number of carbonyl (C=O) groups excluding carboxylic acids is 1. The average Bonchev–Trinajstić information content (AvgIpc) is 2.78. The van der Waals surface area contributed by atoms with Gasteiger partial charge in [-0.25, -0.2) is 4.79 Å². The second-order valence-electron chi connectivity index (χ2n) is 5.59. The minimum atomic E-state index is -0.798. The number of rotatable bonds is 4. The summed E-state index contributed by atoms with van der Waals surface area (Å²) in [6.45, 7) is 2.70. The van der Waals surface area contributed by atoms with Gasteiger partial charge in [0, 0.05) is 26.2 Å². The predicted octanol–water partition coefficient (Wildman–Crippen LogP) is 1.06. The van der Waals surface area contributed by atoms with Crippen LogP contribution in [0.4, 0.5) is 4.79 Å². The molecule has 1 saturated carbocycles. The Labute approximate surface area is 113 Å². The quantitative estimate of drug-likeness (QED) is 0.800. The number of aliphatic carboxylic acids is 1. The lowest BCUT2D eigenvalue weighted by molar-refractivity contribution is -0.148. The van der Waals surface area contributed by atoms with Crippen LogP contribution in [-0.4, -0.2) is 54.4 Å². The number of hydrogen-bond acceptors (Lipinski definition) is 3. The first-order chi connectivity index (χ1) is 9.00. The highest BCUT2D eigenvalue weighted by Gasteiger charge is 2.45. The molecule has 1 aliphatic carbocycles. The number of nitrogens with zero attached hydrogens (tertiary/aromatic N) is 1. The number of likely N-dealkylation sites (tertiary alicyclic amines) is 1. The first kappa shape index (κ1) is 14.1. The number of nitrogens with one attached hydrogen (secondary N) is 1. The fourth-order valence-corrected chi connectivity index (χ4v) is 2.80. The van der Waals surface area contributed by atoms with Gasteiger partial charge in [-0.05, 0) is 25.7 Å². The Kier molecular flexibility index (Phi) is 3.99. The fraction of sp³-hybridized carbons (Fsp3) is 0.846. The lowest BCUT2D eigenvalue weighted by Gasteiger charge is -2.35. The highest BCUT2D eigenvalue weighted by molar-refractivity contribution is 5.80. The summed E-state index contributed by atoms with van der Waals surface area (Å²) in [5.74, 6) is -0.798. The maximum absolute atomic E-state index is 12.1. The number of carbonyl (C=O) groups is 2. The van der Waals surface area contributed by atoms with E-state index in [-0.39, 0.29) is 18.2 Å². The molecule has 1 heterocycles. The van der Waals surface area contributed by atoms with Crippen LogP contribution in [0.1, 0.15) is 32.6 Å². The second-order valence-corrected chi connectivity index (χ2v) is 5.59. The Morgan fingerprint density at radius 3 is 2.63 bits per heavy atom. The zero-order valence-corrected chi connectivity index (χ0v) is 11.5. The summed E-state index contributed by atoms with van der Waals surface area (Å²) < 4.78 is 5.16. The van der Waals surface area contributed by atoms with Gasteiger partial charge in [-0.3, -0.25) is 4.79 Å². The molecule has 6 heteroatoms. The van der Waals surface area contributed by atoms with Crippen LogP contribution in [0.15, 0.2) is 0 Å². The van der Waals surface area contributed by atoms with Crippen molar-refractivity contribution < 1.29 is 19.4 Å². The molecule has 0 aromatic rings. The third-order valence-corrected chi connectivity index (χ3v) is 4.53. The third-order valence-electron chi connectivity index (χ3n) is 4.53. The number of methoxy groups -OCH3 is 1. The SMILES string of the molecule is CCC1(C(=O)O)CCN(C(=O)NC2CC(OC)C2)C1. The number of hydrogen-bond donors (Lipinski definition) is 2. The summed E-state index contributed by atoms with van der Waals surface area (Å²) in [7, 11) is 1.67. The predicted molar refractivity (Wildman–Crippen MR) is 68.9 cm³/mol. The first-order valence-corrected chi connectivity index (χ1v) is 6.82. The van der Waals surface area contributed by atoms with Gasteiger partial charge in [-0.1, -0.05) is 6.92 Å². The summed E-state index contributed by atoms with van der Waals surface area (Å²) in [5, 5.41) is 12.2. The number of urea groups is 1. The Morgan fingerprint density at radius 1 is 1.47 bits per heavy atom. The zero-order valence-electron chi connectivity index (χ0n) is 11.5. The summed E-state index contributed by atoms with van der Waals surface area (Å²) in [6, 6.07) is 0.0232. The lowest BCUT2D eigenvalue weighted by atomic mass is 9.84. The van der Waals surface area contributed by atoms with Gasteiger partial charge in [-0.2, -0.15) is 0 Å². The molecule has 2 fully saturated rings. The van der Waals surface area contributed by atoms with E-state index in [2.05, 4.69) is 5.32 Å². The van der Waals surface area contributed by atoms with Gasteiger partial charge in [0.2, 0.25) is 0 Å². The standard InChI is InChI=1S/C13H22N2O4/c1-3-13(11(16)17)4-5-15(8-13)12(18)14-9-6-10(7-9)19-2/h9-10H,3-8H2,1-2H3,(H,14,18)(H,16,17). The molecule has 1 unspecified atom stereocenters. The van der Waals surface area contributed by atoms with Gasteiger partial charge in [0.15, 0.2) is 0 Å². The highest BCUT2D eigenvalue weighted by atomic mass is 16.5. The Bertz CT molecular complexity index is 368. The summed E-state index contributed by atoms with van der Waals surface area (Å²) >= 11 is 0. The van der Waals surface area contributed by atoms with Crippen LogP contribution in [0.25, 0.3) is 0 Å². The van der Waals surface area contributed by atoms with Crippen molar-refractivity contribution in [1.82, 2.24) is 10.2 Å². The topological polar surface area (TPSA) is 78.9 Å². The molecule has 19 heavy (non-hydrogen) atoms. The molecule has 2 aliphatic rings. The Hall–Kier alpha value is -1.30. The lowest BCUT2D eigenvalue weighted by Crippen LogP contribution is -2.51. The normalized spacial score (nSPS) is 33.9. The molecule has 0 aromatic heterocycles. The molecule has 0 aromatic carbocycles. The van der Waals surface area contributed by atoms with Crippen LogP contribution in [0.5, 0.6) is 0 Å². The Balaban J connectivity index is 1.84. The largest absolute Gasteiger partial charge is 0.481 e. The van der Waals surface area contributed by atoms with Gasteiger partial charge in [0.1, 0.15) is 0 Å². The summed E-state index contributed by atoms with van der Waals surface area (Å²) in [6.07, 6.45) is 3.03. The molecule has 0 spiro atoms. The van der Waals surface area contributed by atoms with E-state index in [1.807, 2.05) is 6.92 Å². The van der Waals surface area contributed by atoms with Crippen LogP contribution in [0, 0.1) is 5.41 Å². The van der Waals surface area contributed by atoms with E-state index in [0.717, 1.165) is 12.8 Å². The van der Waals surface area contributed by atoms with Crippen molar-refractivity contribution in [3.8, 4) is 0 Å². The van der Waals surface area contributed by atoms with Crippen LogP contribution in [0.2, 0.25) is 0 Å². The van der Waals surface area contributed by atoms with E-state index in [1.54, 1.807) is 12.0 Å². The number of ether oxygens (including phenoxy) is 1. The van der Waals surface area contributed by atoms with Gasteiger partial charge >= 0.3 is 12.0 Å². The van der Waals surface area contributed by atoms with Crippen molar-refractivity contribution in [2.45, 2.75) is 44.8 Å². The highest BCUT2D eigenvalue weighted by Crippen LogP contribution is 2.34. The second kappa shape index (κ2) is 5.36. The summed E-state index contributed by atoms with van der Waals surface area (Å²) in [5.41, 5.74) is -0.758. The molecule has 0 radical (unpaired) electrons. The minimum Gasteiger partial charge on any atom is -0.481 e. The van der Waals surface area contributed by atoms with Crippen molar-refractivity contribution in [1.29, 1.82) is 0 Å². The number of amides is 2. The molecule has 1 atom stereocenters. The Morgan fingerprint density at radius 2 is 2.16 bits per heavy atom. The molecule has 0 bridgehead atoms. The molecule has 2 amide bonds. The van der Waals surface area contributed by atoms with Crippen LogP contribution in [-0.2, 0) is 9.53 Å². The van der Waals surface area contributed by atoms with Crippen molar-refractivity contribution in [3.05, 3.63) is 0 Å². The maximum Gasteiger partial charge on any atom is 0.317 e. The molecule has 1 saturated heterocycles. The van der Waals surface area contributed by atoms with E-state index < -0.39 is 11.4 Å². The number of carboxylic acids is 1. The molecular weight excluding hydrogens is 248 g/mol. The number of carboxylic acid groups (broad SMARTS) is 1. The molecule has 108 valence electrons. The van der Waals surface area contributed by atoms with E-state index in [9.17, 15) is 14.7 Å². The van der Waals surface area contributed by atoms with Gasteiger partial charge < -0.3 is 20.1 Å². The van der Waals surface area contributed by atoms with Crippen molar-refractivity contribution in [2.24, 2.45) is 5.41 Å². The minimum absolute atomic E-state index is 0.142. The summed E-state index contributed by atoms with van der Waals surface area (Å²) in [4.78, 5) is 25.0. The van der Waals surface area contributed by atoms with Gasteiger partial charge in [0.05, 0.1) is 11.5 Å². The van der Waals surface area contributed by atoms with Gasteiger partial charge in [-0.15, -0.1) is 0 Å². The zero-order chi connectivity index (χ0) is 14.0. The molecule has 2 N–H and O–H groups in total. The fourth-order valence-electron chi connectivity index (χ4n) is 2.80. The monoisotopic (exact) mass is 270 g/mol. The van der Waals surface area contributed by atoms with Crippen molar-refractivity contribution in [2.75, 3.05) is 20.2 Å². The van der Waals surface area contributed by atoms with Crippen LogP contribution in [0.3, 0.4) is 0 Å². The molecule has 6 nitrogen and oxygen atoms in total. The van der Waals surface area contributed by atoms with E-state index in [1.165, 1.54) is 0 Å². The van der Waals surface area contributed by atoms with E-state index >= 15 is 0 Å². The molecular formula is C13H22N2O4. The smallest absolute Gasteiger partial charge is 0.317 e. The van der Waals surface area contributed by atoms with Gasteiger partial charge in [0.25, 0.3) is 0 Å². The van der Waals surface area contributed by atoms with E-state index in [0.29, 0.717) is 25.9 Å².